The van der Waals surface area contributed by atoms with Crippen LogP contribution in [0.1, 0.15) is 40.8 Å². The SMILES string of the molecule is Cc1cc(C2CCCN2C(=O)c2csc(N)n2)on1. The zero-order valence-corrected chi connectivity index (χ0v) is 11.3. The summed E-state index contributed by atoms with van der Waals surface area (Å²) in [6.07, 6.45) is 1.84. The van der Waals surface area contributed by atoms with Gasteiger partial charge in [-0.15, -0.1) is 11.3 Å². The van der Waals surface area contributed by atoms with Crippen molar-refractivity contribution in [3.63, 3.8) is 0 Å². The summed E-state index contributed by atoms with van der Waals surface area (Å²) < 4.78 is 5.28. The molecule has 1 aliphatic rings. The van der Waals surface area contributed by atoms with E-state index in [1.165, 1.54) is 11.3 Å². The topological polar surface area (TPSA) is 85.2 Å². The third kappa shape index (κ3) is 2.21. The molecule has 6 nitrogen and oxygen atoms in total. The Balaban J connectivity index is 1.85. The largest absolute Gasteiger partial charge is 0.375 e. The van der Waals surface area contributed by atoms with Crippen LogP contribution in [-0.2, 0) is 0 Å². The van der Waals surface area contributed by atoms with Crippen molar-refractivity contribution >= 4 is 22.4 Å². The van der Waals surface area contributed by atoms with Crippen molar-refractivity contribution in [3.8, 4) is 0 Å². The van der Waals surface area contributed by atoms with Crippen LogP contribution in [0.15, 0.2) is 16.0 Å². The number of nitrogens with zero attached hydrogens (tertiary/aromatic N) is 3. The van der Waals surface area contributed by atoms with Crippen LogP contribution in [-0.4, -0.2) is 27.5 Å². The van der Waals surface area contributed by atoms with Crippen LogP contribution in [0.5, 0.6) is 0 Å². The van der Waals surface area contributed by atoms with Crippen molar-refractivity contribution < 1.29 is 9.32 Å². The molecule has 0 radical (unpaired) electrons. The van der Waals surface area contributed by atoms with Gasteiger partial charge in [0, 0.05) is 18.0 Å². The molecule has 2 N–H and O–H groups in total. The van der Waals surface area contributed by atoms with Crippen LogP contribution in [0.3, 0.4) is 0 Å². The molecule has 0 aromatic carbocycles. The predicted octanol–water partition coefficient (Wildman–Crippen LogP) is 2.00. The molecular weight excluding hydrogens is 264 g/mol. The van der Waals surface area contributed by atoms with Gasteiger partial charge in [0.2, 0.25) is 0 Å². The molecule has 1 saturated heterocycles. The van der Waals surface area contributed by atoms with E-state index >= 15 is 0 Å². The molecule has 7 heteroatoms. The fraction of sp³-hybridized carbons (Fsp3) is 0.417. The van der Waals surface area contributed by atoms with Crippen molar-refractivity contribution in [3.05, 3.63) is 28.6 Å². The number of thiazole rings is 1. The second kappa shape index (κ2) is 4.65. The van der Waals surface area contributed by atoms with Gasteiger partial charge in [-0.05, 0) is 19.8 Å². The van der Waals surface area contributed by atoms with E-state index in [0.29, 0.717) is 17.4 Å². The second-order valence-corrected chi connectivity index (χ2v) is 5.49. The van der Waals surface area contributed by atoms with Crippen LogP contribution >= 0.6 is 11.3 Å². The van der Waals surface area contributed by atoms with Gasteiger partial charge in [0.15, 0.2) is 10.9 Å². The summed E-state index contributed by atoms with van der Waals surface area (Å²) in [5.41, 5.74) is 6.81. The van der Waals surface area contributed by atoms with Crippen LogP contribution in [0.25, 0.3) is 0 Å². The van der Waals surface area contributed by atoms with Gasteiger partial charge in [-0.25, -0.2) is 4.98 Å². The Bertz CT molecular complexity index is 606. The molecule has 0 saturated carbocycles. The fourth-order valence-electron chi connectivity index (χ4n) is 2.38. The van der Waals surface area contributed by atoms with Gasteiger partial charge in [-0.2, -0.15) is 0 Å². The number of nitrogen functional groups attached to an aromatic ring is 1. The lowest BCUT2D eigenvalue weighted by molar-refractivity contribution is 0.0709. The van der Waals surface area contributed by atoms with E-state index in [9.17, 15) is 4.79 Å². The van der Waals surface area contributed by atoms with E-state index in [4.69, 9.17) is 10.3 Å². The molecule has 2 aromatic rings. The van der Waals surface area contributed by atoms with Gasteiger partial charge in [-0.1, -0.05) is 5.16 Å². The normalized spacial score (nSPS) is 19.0. The zero-order valence-electron chi connectivity index (χ0n) is 10.5. The maximum Gasteiger partial charge on any atom is 0.274 e. The van der Waals surface area contributed by atoms with E-state index in [1.807, 2.05) is 13.0 Å². The van der Waals surface area contributed by atoms with Crippen molar-refractivity contribution in [1.29, 1.82) is 0 Å². The molecule has 1 aliphatic heterocycles. The highest BCUT2D eigenvalue weighted by Crippen LogP contribution is 2.33. The van der Waals surface area contributed by atoms with Crippen molar-refractivity contribution in [2.75, 3.05) is 12.3 Å². The number of aromatic nitrogens is 2. The highest BCUT2D eigenvalue weighted by atomic mass is 32.1. The maximum atomic E-state index is 12.4. The standard InChI is InChI=1S/C12H14N4O2S/c1-7-5-10(18-15-7)9-3-2-4-16(9)11(17)8-6-19-12(13)14-8/h5-6,9H,2-4H2,1H3,(H2,13,14). The first kappa shape index (κ1) is 12.2. The number of aryl methyl sites for hydroxylation is 1. The van der Waals surface area contributed by atoms with Crippen LogP contribution in [0.4, 0.5) is 5.13 Å². The second-order valence-electron chi connectivity index (χ2n) is 4.60. The highest BCUT2D eigenvalue weighted by molar-refractivity contribution is 7.13. The molecule has 1 atom stereocenters. The Hall–Kier alpha value is -1.89. The molecule has 0 aliphatic carbocycles. The number of hydrogen-bond donors (Lipinski definition) is 1. The van der Waals surface area contributed by atoms with Crippen LogP contribution < -0.4 is 5.73 Å². The van der Waals surface area contributed by atoms with E-state index in [2.05, 4.69) is 10.1 Å². The molecule has 1 amide bonds. The summed E-state index contributed by atoms with van der Waals surface area (Å²) in [6.45, 7) is 2.58. The molecule has 0 spiro atoms. The molecule has 3 heterocycles. The summed E-state index contributed by atoms with van der Waals surface area (Å²) in [7, 11) is 0. The summed E-state index contributed by atoms with van der Waals surface area (Å²) in [5.74, 6) is 0.649. The Labute approximate surface area is 114 Å². The number of anilines is 1. The molecule has 0 bridgehead atoms. The molecule has 19 heavy (non-hydrogen) atoms. The first-order valence-corrected chi connectivity index (χ1v) is 6.98. The van der Waals surface area contributed by atoms with Crippen molar-refractivity contribution in [1.82, 2.24) is 15.0 Å². The Morgan fingerprint density at radius 2 is 2.47 bits per heavy atom. The summed E-state index contributed by atoms with van der Waals surface area (Å²) in [6, 6.07) is 1.84. The van der Waals surface area contributed by atoms with Crippen LogP contribution in [0, 0.1) is 6.92 Å². The average molecular weight is 278 g/mol. The van der Waals surface area contributed by atoms with E-state index in [-0.39, 0.29) is 11.9 Å². The number of hydrogen-bond acceptors (Lipinski definition) is 6. The minimum atomic E-state index is -0.0931. The highest BCUT2D eigenvalue weighted by Gasteiger charge is 2.34. The minimum absolute atomic E-state index is 0.0448. The van der Waals surface area contributed by atoms with Gasteiger partial charge in [0.1, 0.15) is 5.69 Å². The fourth-order valence-corrected chi connectivity index (χ4v) is 2.92. The number of likely N-dealkylation sites (tertiary alicyclic amines) is 1. The molecule has 2 aromatic heterocycles. The van der Waals surface area contributed by atoms with Crippen LogP contribution in [0.2, 0.25) is 0 Å². The lowest BCUT2D eigenvalue weighted by atomic mass is 10.1. The number of amides is 1. The third-order valence-corrected chi connectivity index (χ3v) is 3.90. The first-order chi connectivity index (χ1) is 9.15. The summed E-state index contributed by atoms with van der Waals surface area (Å²) >= 11 is 1.28. The predicted molar refractivity (Wildman–Crippen MR) is 70.8 cm³/mol. The Kier molecular flexibility index (Phi) is 2.98. The number of carbonyl (C=O) groups is 1. The Morgan fingerprint density at radius 1 is 1.63 bits per heavy atom. The first-order valence-electron chi connectivity index (χ1n) is 6.10. The summed E-state index contributed by atoms with van der Waals surface area (Å²) in [4.78, 5) is 18.2. The smallest absolute Gasteiger partial charge is 0.274 e. The molecule has 3 rings (SSSR count). The van der Waals surface area contributed by atoms with Gasteiger partial charge >= 0.3 is 0 Å². The van der Waals surface area contributed by atoms with Crippen molar-refractivity contribution in [2.24, 2.45) is 0 Å². The lowest BCUT2D eigenvalue weighted by Gasteiger charge is -2.21. The summed E-state index contributed by atoms with van der Waals surface area (Å²) in [5, 5.41) is 5.99. The molecule has 1 unspecified atom stereocenters. The average Bonchev–Trinajstić information content (AvgIpc) is 3.07. The monoisotopic (exact) mass is 278 g/mol. The number of carbonyl (C=O) groups excluding carboxylic acids is 1. The minimum Gasteiger partial charge on any atom is -0.375 e. The van der Waals surface area contributed by atoms with Gasteiger partial charge in [-0.3, -0.25) is 4.79 Å². The zero-order chi connectivity index (χ0) is 13.4. The van der Waals surface area contributed by atoms with E-state index in [1.54, 1.807) is 10.3 Å². The number of nitrogens with two attached hydrogens (primary N) is 1. The van der Waals surface area contributed by atoms with E-state index in [0.717, 1.165) is 24.3 Å². The molecular formula is C12H14N4O2S. The lowest BCUT2D eigenvalue weighted by Crippen LogP contribution is -2.30. The maximum absolute atomic E-state index is 12.4. The quantitative estimate of drug-likeness (QED) is 0.908. The van der Waals surface area contributed by atoms with Crippen molar-refractivity contribution in [2.45, 2.75) is 25.8 Å². The Morgan fingerprint density at radius 3 is 3.11 bits per heavy atom. The molecule has 100 valence electrons. The third-order valence-electron chi connectivity index (χ3n) is 3.23. The van der Waals surface area contributed by atoms with Gasteiger partial charge in [0.25, 0.3) is 5.91 Å². The number of rotatable bonds is 2. The molecule has 1 fully saturated rings. The van der Waals surface area contributed by atoms with E-state index < -0.39 is 0 Å². The van der Waals surface area contributed by atoms with Gasteiger partial charge < -0.3 is 15.2 Å². The van der Waals surface area contributed by atoms with Gasteiger partial charge in [0.05, 0.1) is 11.7 Å².